The first-order valence-corrected chi connectivity index (χ1v) is 8.31. The van der Waals surface area contributed by atoms with Gasteiger partial charge in [-0.1, -0.05) is 46.5 Å². The van der Waals surface area contributed by atoms with Gasteiger partial charge in [0, 0.05) is 24.6 Å². The molecular weight excluding hydrogens is 234 g/mol. The van der Waals surface area contributed by atoms with Crippen LogP contribution in [-0.4, -0.2) is 24.3 Å². The third-order valence-electron chi connectivity index (χ3n) is 5.62. The fourth-order valence-electron chi connectivity index (χ4n) is 4.28. The Balaban J connectivity index is 1.92. The minimum Gasteiger partial charge on any atom is -0.396 e. The molecule has 2 N–H and O–H groups in total. The van der Waals surface area contributed by atoms with Crippen molar-refractivity contribution in [2.75, 3.05) is 13.2 Å². The fourth-order valence-corrected chi connectivity index (χ4v) is 4.28. The van der Waals surface area contributed by atoms with E-state index in [1.54, 1.807) is 0 Å². The maximum atomic E-state index is 9.73. The maximum absolute atomic E-state index is 9.73. The fraction of sp³-hybridized carbons (Fsp3) is 1.00. The van der Waals surface area contributed by atoms with Crippen LogP contribution in [0.5, 0.6) is 0 Å². The lowest BCUT2D eigenvalue weighted by molar-refractivity contribution is 0.0921. The van der Waals surface area contributed by atoms with Crippen molar-refractivity contribution in [2.24, 2.45) is 16.7 Å². The van der Waals surface area contributed by atoms with Crippen LogP contribution in [-0.2, 0) is 0 Å². The SMILES string of the molecule is CC(C)(C)C1CCCCC1NCC1(CO)CCCC1. The summed E-state index contributed by atoms with van der Waals surface area (Å²) >= 11 is 0. The molecule has 0 aromatic heterocycles. The Bertz CT molecular complexity index is 275. The quantitative estimate of drug-likeness (QED) is 0.813. The Morgan fingerprint density at radius 1 is 1.05 bits per heavy atom. The summed E-state index contributed by atoms with van der Waals surface area (Å²) in [5.74, 6) is 0.790. The van der Waals surface area contributed by atoms with E-state index in [2.05, 4.69) is 26.1 Å². The second kappa shape index (κ2) is 6.13. The van der Waals surface area contributed by atoms with Gasteiger partial charge in [-0.15, -0.1) is 0 Å². The molecule has 0 aliphatic heterocycles. The summed E-state index contributed by atoms with van der Waals surface area (Å²) in [6.45, 7) is 8.55. The van der Waals surface area contributed by atoms with E-state index >= 15 is 0 Å². The van der Waals surface area contributed by atoms with Gasteiger partial charge < -0.3 is 10.4 Å². The van der Waals surface area contributed by atoms with Gasteiger partial charge in [0.05, 0.1) is 0 Å². The molecule has 0 aromatic rings. The van der Waals surface area contributed by atoms with Crippen molar-refractivity contribution in [1.82, 2.24) is 5.32 Å². The van der Waals surface area contributed by atoms with Crippen LogP contribution in [0.2, 0.25) is 0 Å². The number of hydrogen-bond donors (Lipinski definition) is 2. The Kier molecular flexibility index (Phi) is 4.94. The van der Waals surface area contributed by atoms with Gasteiger partial charge in [0.25, 0.3) is 0 Å². The first-order chi connectivity index (χ1) is 8.97. The smallest absolute Gasteiger partial charge is 0.0499 e. The van der Waals surface area contributed by atoms with Crippen molar-refractivity contribution >= 4 is 0 Å². The summed E-state index contributed by atoms with van der Waals surface area (Å²) in [6, 6.07) is 0.665. The Hall–Kier alpha value is -0.0800. The Morgan fingerprint density at radius 3 is 2.26 bits per heavy atom. The van der Waals surface area contributed by atoms with Gasteiger partial charge in [0.15, 0.2) is 0 Å². The van der Waals surface area contributed by atoms with E-state index in [9.17, 15) is 5.11 Å². The van der Waals surface area contributed by atoms with Crippen LogP contribution in [0.1, 0.15) is 72.1 Å². The maximum Gasteiger partial charge on any atom is 0.0499 e. The van der Waals surface area contributed by atoms with E-state index in [1.165, 1.54) is 51.4 Å². The van der Waals surface area contributed by atoms with Crippen LogP contribution in [0.25, 0.3) is 0 Å². The molecule has 2 atom stereocenters. The van der Waals surface area contributed by atoms with Crippen LogP contribution < -0.4 is 5.32 Å². The van der Waals surface area contributed by atoms with Crippen LogP contribution in [0.4, 0.5) is 0 Å². The minimum atomic E-state index is 0.194. The molecule has 2 rings (SSSR count). The third kappa shape index (κ3) is 3.72. The summed E-state index contributed by atoms with van der Waals surface area (Å²) in [5, 5.41) is 13.6. The van der Waals surface area contributed by atoms with E-state index in [-0.39, 0.29) is 5.41 Å². The number of aliphatic hydroxyl groups is 1. The molecule has 0 saturated heterocycles. The number of aliphatic hydroxyl groups excluding tert-OH is 1. The van der Waals surface area contributed by atoms with Gasteiger partial charge in [-0.05, 0) is 37.0 Å². The minimum absolute atomic E-state index is 0.194. The second-order valence-corrected chi connectivity index (χ2v) is 8.11. The van der Waals surface area contributed by atoms with Crippen molar-refractivity contribution in [3.8, 4) is 0 Å². The summed E-state index contributed by atoms with van der Waals surface area (Å²) < 4.78 is 0. The molecule has 2 aliphatic rings. The van der Waals surface area contributed by atoms with Gasteiger partial charge in [0.2, 0.25) is 0 Å². The number of hydrogen-bond acceptors (Lipinski definition) is 2. The molecule has 0 bridgehead atoms. The molecule has 0 aromatic carbocycles. The highest BCUT2D eigenvalue weighted by molar-refractivity contribution is 4.92. The molecule has 2 nitrogen and oxygen atoms in total. The lowest BCUT2D eigenvalue weighted by Crippen LogP contribution is -2.48. The van der Waals surface area contributed by atoms with Gasteiger partial charge in [-0.3, -0.25) is 0 Å². The van der Waals surface area contributed by atoms with E-state index in [0.29, 0.717) is 18.1 Å². The van der Waals surface area contributed by atoms with Crippen LogP contribution in [0, 0.1) is 16.7 Å². The average molecular weight is 267 g/mol. The topological polar surface area (TPSA) is 32.3 Å². The molecule has 0 amide bonds. The monoisotopic (exact) mass is 267 g/mol. The van der Waals surface area contributed by atoms with Gasteiger partial charge >= 0.3 is 0 Å². The van der Waals surface area contributed by atoms with Crippen molar-refractivity contribution in [3.05, 3.63) is 0 Å². The summed E-state index contributed by atoms with van der Waals surface area (Å²) in [6.07, 6.45) is 10.5. The zero-order valence-corrected chi connectivity index (χ0v) is 13.2. The number of rotatable bonds is 4. The molecule has 0 heterocycles. The highest BCUT2D eigenvalue weighted by Gasteiger charge is 2.37. The van der Waals surface area contributed by atoms with Crippen molar-refractivity contribution in [2.45, 2.75) is 78.2 Å². The predicted octanol–water partition coefficient (Wildman–Crippen LogP) is 3.73. The molecule has 112 valence electrons. The zero-order chi connectivity index (χ0) is 13.9. The Labute approximate surface area is 119 Å². The zero-order valence-electron chi connectivity index (χ0n) is 13.2. The van der Waals surface area contributed by atoms with E-state index in [1.807, 2.05) is 0 Å². The summed E-state index contributed by atoms with van der Waals surface area (Å²) in [7, 11) is 0. The first-order valence-electron chi connectivity index (χ1n) is 8.31. The third-order valence-corrected chi connectivity index (χ3v) is 5.62. The summed E-state index contributed by atoms with van der Waals surface area (Å²) in [5.41, 5.74) is 0.597. The number of nitrogens with one attached hydrogen (secondary N) is 1. The predicted molar refractivity (Wildman–Crippen MR) is 81.2 cm³/mol. The second-order valence-electron chi connectivity index (χ2n) is 8.11. The van der Waals surface area contributed by atoms with E-state index in [0.717, 1.165) is 12.5 Å². The van der Waals surface area contributed by atoms with Crippen molar-refractivity contribution in [1.29, 1.82) is 0 Å². The molecule has 0 radical (unpaired) electrons. The van der Waals surface area contributed by atoms with Gasteiger partial charge in [-0.25, -0.2) is 0 Å². The summed E-state index contributed by atoms with van der Waals surface area (Å²) in [4.78, 5) is 0. The molecule has 2 aliphatic carbocycles. The highest BCUT2D eigenvalue weighted by Crippen LogP contribution is 2.40. The van der Waals surface area contributed by atoms with Crippen LogP contribution in [0.15, 0.2) is 0 Å². The molecule has 2 saturated carbocycles. The van der Waals surface area contributed by atoms with Crippen molar-refractivity contribution in [3.63, 3.8) is 0 Å². The average Bonchev–Trinajstić information content (AvgIpc) is 2.85. The van der Waals surface area contributed by atoms with Crippen LogP contribution in [0.3, 0.4) is 0 Å². The first kappa shape index (κ1) is 15.3. The molecule has 2 unspecified atom stereocenters. The van der Waals surface area contributed by atoms with Gasteiger partial charge in [-0.2, -0.15) is 0 Å². The van der Waals surface area contributed by atoms with E-state index in [4.69, 9.17) is 0 Å². The molecule has 2 heteroatoms. The lowest BCUT2D eigenvalue weighted by atomic mass is 9.69. The van der Waals surface area contributed by atoms with Gasteiger partial charge in [0.1, 0.15) is 0 Å². The molecule has 2 fully saturated rings. The normalized spacial score (nSPS) is 31.6. The van der Waals surface area contributed by atoms with Crippen molar-refractivity contribution < 1.29 is 5.11 Å². The largest absolute Gasteiger partial charge is 0.396 e. The Morgan fingerprint density at radius 2 is 1.68 bits per heavy atom. The standard InChI is InChI=1S/C17H33NO/c1-16(2,3)14-8-4-5-9-15(14)18-12-17(13-19)10-6-7-11-17/h14-15,18-19H,4-13H2,1-3H3. The molecule has 0 spiro atoms. The molecular formula is C17H33NO. The van der Waals surface area contributed by atoms with Crippen LogP contribution >= 0.6 is 0 Å². The highest BCUT2D eigenvalue weighted by atomic mass is 16.3. The molecule has 19 heavy (non-hydrogen) atoms. The lowest BCUT2D eigenvalue weighted by Gasteiger charge is -2.42. The van der Waals surface area contributed by atoms with E-state index < -0.39 is 0 Å².